The number of hydrogen-bond acceptors (Lipinski definition) is 4. The molecule has 0 unspecified atom stereocenters. The van der Waals surface area contributed by atoms with E-state index in [0.29, 0.717) is 18.4 Å². The van der Waals surface area contributed by atoms with Crippen LogP contribution in [0.3, 0.4) is 0 Å². The lowest BCUT2D eigenvalue weighted by molar-refractivity contribution is -0.197. The predicted octanol–water partition coefficient (Wildman–Crippen LogP) is 2.89. The molecule has 24 heavy (non-hydrogen) atoms. The second-order valence-corrected chi connectivity index (χ2v) is 9.09. The normalized spacial score (nSPS) is 46.7. The van der Waals surface area contributed by atoms with Gasteiger partial charge >= 0.3 is 5.97 Å². The molecule has 0 amide bonds. The highest BCUT2D eigenvalue weighted by molar-refractivity contribution is 5.92. The van der Waals surface area contributed by atoms with Crippen LogP contribution in [0.2, 0.25) is 0 Å². The van der Waals surface area contributed by atoms with Gasteiger partial charge in [-0.3, -0.25) is 0 Å². The largest absolute Gasteiger partial charge is 0.454 e. The van der Waals surface area contributed by atoms with E-state index in [-0.39, 0.29) is 34.9 Å². The molecule has 5 atom stereocenters. The van der Waals surface area contributed by atoms with Gasteiger partial charge in [0.05, 0.1) is 11.7 Å². The van der Waals surface area contributed by atoms with Crippen molar-refractivity contribution in [1.82, 2.24) is 0 Å². The van der Waals surface area contributed by atoms with Crippen LogP contribution < -0.4 is 0 Å². The molecule has 4 nitrogen and oxygen atoms in total. The van der Waals surface area contributed by atoms with Crippen LogP contribution in [0, 0.1) is 16.7 Å². The molecule has 4 heteroatoms. The van der Waals surface area contributed by atoms with Crippen molar-refractivity contribution in [2.24, 2.45) is 16.7 Å². The highest BCUT2D eigenvalue weighted by atomic mass is 16.5. The second kappa shape index (κ2) is 4.73. The van der Waals surface area contributed by atoms with Gasteiger partial charge < -0.3 is 14.9 Å². The molecule has 2 saturated carbocycles. The molecule has 4 aliphatic rings. The number of carbonyl (C=O) groups is 1. The lowest BCUT2D eigenvalue weighted by Crippen LogP contribution is -2.64. The SMILES string of the molecule is CC1=C2C=C3CC[C@@H]4C(C)(C)[C@H](O)CC[C@@]4(C)[C@]3(O)C[C@H]2OC1=O. The maximum atomic E-state index is 11.9. The minimum Gasteiger partial charge on any atom is -0.454 e. The van der Waals surface area contributed by atoms with E-state index in [4.69, 9.17) is 4.74 Å². The maximum absolute atomic E-state index is 11.9. The molecule has 132 valence electrons. The third-order valence-corrected chi connectivity index (χ3v) is 7.79. The number of hydrogen-bond donors (Lipinski definition) is 2. The highest BCUT2D eigenvalue weighted by Crippen LogP contribution is 2.65. The molecular weight excluding hydrogens is 304 g/mol. The van der Waals surface area contributed by atoms with Crippen molar-refractivity contribution in [3.63, 3.8) is 0 Å². The number of aliphatic hydroxyl groups excluding tert-OH is 1. The Hall–Kier alpha value is -1.13. The van der Waals surface area contributed by atoms with Crippen molar-refractivity contribution >= 4 is 5.97 Å². The van der Waals surface area contributed by atoms with Crippen molar-refractivity contribution in [1.29, 1.82) is 0 Å². The summed E-state index contributed by atoms with van der Waals surface area (Å²) in [6.45, 7) is 8.25. The number of aliphatic hydroxyl groups is 2. The van der Waals surface area contributed by atoms with Gasteiger partial charge in [0.1, 0.15) is 6.10 Å². The topological polar surface area (TPSA) is 66.8 Å². The molecule has 1 aliphatic heterocycles. The van der Waals surface area contributed by atoms with E-state index in [0.717, 1.165) is 30.4 Å². The summed E-state index contributed by atoms with van der Waals surface area (Å²) in [7, 11) is 0. The van der Waals surface area contributed by atoms with Gasteiger partial charge in [-0.15, -0.1) is 0 Å². The molecule has 2 N–H and O–H groups in total. The van der Waals surface area contributed by atoms with Crippen LogP contribution >= 0.6 is 0 Å². The Bertz CT molecular complexity index is 673. The molecule has 0 aromatic carbocycles. The first-order valence-electron chi connectivity index (χ1n) is 9.14. The van der Waals surface area contributed by atoms with Crippen LogP contribution in [0.4, 0.5) is 0 Å². The lowest BCUT2D eigenvalue weighted by atomic mass is 9.43. The Morgan fingerprint density at radius 1 is 1.25 bits per heavy atom. The molecule has 3 aliphatic carbocycles. The Morgan fingerprint density at radius 2 is 1.96 bits per heavy atom. The van der Waals surface area contributed by atoms with Crippen molar-refractivity contribution in [3.05, 3.63) is 22.8 Å². The third kappa shape index (κ3) is 1.79. The summed E-state index contributed by atoms with van der Waals surface area (Å²) in [4.78, 5) is 11.9. The number of esters is 1. The average molecular weight is 332 g/mol. The van der Waals surface area contributed by atoms with Gasteiger partial charge in [0, 0.05) is 23.0 Å². The summed E-state index contributed by atoms with van der Waals surface area (Å²) in [6, 6.07) is 0. The van der Waals surface area contributed by atoms with Crippen molar-refractivity contribution < 1.29 is 19.7 Å². The van der Waals surface area contributed by atoms with Gasteiger partial charge in [-0.2, -0.15) is 0 Å². The van der Waals surface area contributed by atoms with Crippen LogP contribution in [-0.4, -0.2) is 34.0 Å². The predicted molar refractivity (Wildman–Crippen MR) is 90.1 cm³/mol. The van der Waals surface area contributed by atoms with Gasteiger partial charge in [0.25, 0.3) is 0 Å². The summed E-state index contributed by atoms with van der Waals surface area (Å²) in [6.07, 6.45) is 5.15. The van der Waals surface area contributed by atoms with Gasteiger partial charge in [-0.1, -0.05) is 26.8 Å². The fourth-order valence-corrected chi connectivity index (χ4v) is 6.10. The van der Waals surface area contributed by atoms with E-state index in [1.165, 1.54) is 0 Å². The second-order valence-electron chi connectivity index (χ2n) is 9.09. The minimum absolute atomic E-state index is 0.216. The number of ether oxygens (including phenoxy) is 1. The van der Waals surface area contributed by atoms with Crippen LogP contribution in [0.5, 0.6) is 0 Å². The summed E-state index contributed by atoms with van der Waals surface area (Å²) in [5, 5.41) is 22.3. The molecule has 0 radical (unpaired) electrons. The summed E-state index contributed by atoms with van der Waals surface area (Å²) >= 11 is 0. The van der Waals surface area contributed by atoms with E-state index in [1.807, 2.05) is 13.0 Å². The monoisotopic (exact) mass is 332 g/mol. The summed E-state index contributed by atoms with van der Waals surface area (Å²) in [5.41, 5.74) is 1.23. The molecule has 0 saturated heterocycles. The smallest absolute Gasteiger partial charge is 0.334 e. The highest BCUT2D eigenvalue weighted by Gasteiger charge is 2.64. The van der Waals surface area contributed by atoms with Crippen LogP contribution in [-0.2, 0) is 9.53 Å². The summed E-state index contributed by atoms with van der Waals surface area (Å²) in [5.74, 6) is -0.00479. The fraction of sp³-hybridized carbons (Fsp3) is 0.750. The first-order chi connectivity index (χ1) is 11.1. The molecule has 4 rings (SSSR count). The zero-order valence-electron chi connectivity index (χ0n) is 15.1. The van der Waals surface area contributed by atoms with Gasteiger partial charge in [-0.25, -0.2) is 4.79 Å². The molecule has 0 aromatic rings. The van der Waals surface area contributed by atoms with Crippen LogP contribution in [0.25, 0.3) is 0 Å². The van der Waals surface area contributed by atoms with Crippen LogP contribution in [0.15, 0.2) is 22.8 Å². The Labute approximate surface area is 143 Å². The van der Waals surface area contributed by atoms with E-state index in [9.17, 15) is 15.0 Å². The molecule has 0 aromatic heterocycles. The molecular formula is C20H28O4. The summed E-state index contributed by atoms with van der Waals surface area (Å²) < 4.78 is 5.52. The maximum Gasteiger partial charge on any atom is 0.334 e. The Morgan fingerprint density at radius 3 is 2.67 bits per heavy atom. The van der Waals surface area contributed by atoms with E-state index < -0.39 is 5.60 Å². The number of carbonyl (C=O) groups excluding carboxylic acids is 1. The molecule has 0 spiro atoms. The number of fused-ring (bicyclic) bond motifs is 4. The van der Waals surface area contributed by atoms with Crippen molar-refractivity contribution in [2.75, 3.05) is 0 Å². The van der Waals surface area contributed by atoms with E-state index in [2.05, 4.69) is 20.8 Å². The number of rotatable bonds is 0. The Kier molecular flexibility index (Phi) is 3.22. The zero-order valence-corrected chi connectivity index (χ0v) is 15.1. The first kappa shape index (κ1) is 16.3. The van der Waals surface area contributed by atoms with Gasteiger partial charge in [0.15, 0.2) is 0 Å². The zero-order chi connectivity index (χ0) is 17.5. The van der Waals surface area contributed by atoms with Crippen molar-refractivity contribution in [3.8, 4) is 0 Å². The lowest BCUT2D eigenvalue weighted by Gasteiger charge is -2.63. The van der Waals surface area contributed by atoms with Crippen molar-refractivity contribution in [2.45, 2.75) is 77.6 Å². The van der Waals surface area contributed by atoms with Crippen LogP contribution in [0.1, 0.15) is 59.8 Å². The minimum atomic E-state index is -0.952. The van der Waals surface area contributed by atoms with Gasteiger partial charge in [-0.05, 0) is 49.5 Å². The van der Waals surface area contributed by atoms with E-state index in [1.54, 1.807) is 0 Å². The standard InChI is InChI=1S/C20H28O4/c1-11-13-9-12-5-6-15-18(2,3)16(21)7-8-19(15,4)20(12,23)10-14(13)24-17(11)22/h9,14-16,21,23H,5-8,10H2,1-4H3/t14-,15-,16-,19-,20+/m1/s1. The molecule has 2 fully saturated rings. The van der Waals surface area contributed by atoms with Gasteiger partial charge in [0.2, 0.25) is 0 Å². The molecule has 1 heterocycles. The quantitative estimate of drug-likeness (QED) is 0.670. The third-order valence-electron chi connectivity index (χ3n) is 7.79. The van der Waals surface area contributed by atoms with E-state index >= 15 is 0 Å². The average Bonchev–Trinajstić information content (AvgIpc) is 2.77. The first-order valence-corrected chi connectivity index (χ1v) is 9.14. The fourth-order valence-electron chi connectivity index (χ4n) is 6.10. The molecule has 0 bridgehead atoms. The Balaban J connectivity index is 1.81.